The fraction of sp³-hybridized carbons (Fsp3) is 0.611. The molecule has 21 heavy (non-hydrogen) atoms. The lowest BCUT2D eigenvalue weighted by atomic mass is 9.91. The quantitative estimate of drug-likeness (QED) is 0.768. The summed E-state index contributed by atoms with van der Waals surface area (Å²) in [6.45, 7) is 10.6. The number of hydrogen-bond donors (Lipinski definition) is 0. The summed E-state index contributed by atoms with van der Waals surface area (Å²) >= 11 is 0. The Bertz CT molecular complexity index is 459. The topological polar surface area (TPSA) is 29.5 Å². The first-order valence-electron chi connectivity index (χ1n) is 8.01. The summed E-state index contributed by atoms with van der Waals surface area (Å²) in [7, 11) is 0. The van der Waals surface area contributed by atoms with Gasteiger partial charge in [-0.15, -0.1) is 0 Å². The van der Waals surface area contributed by atoms with Crippen LogP contribution < -0.4 is 4.74 Å². The predicted molar refractivity (Wildman–Crippen MR) is 85.7 cm³/mol. The zero-order chi connectivity index (χ0) is 15.4. The van der Waals surface area contributed by atoms with Crippen molar-refractivity contribution < 1.29 is 9.53 Å². The second kappa shape index (κ2) is 7.08. The largest absolute Gasteiger partial charge is 0.475 e. The smallest absolute Gasteiger partial charge is 0.159 e. The number of likely N-dealkylation sites (tertiary alicyclic amines) is 1. The summed E-state index contributed by atoms with van der Waals surface area (Å²) in [5, 5.41) is 0. The monoisotopic (exact) mass is 289 g/mol. The summed E-state index contributed by atoms with van der Waals surface area (Å²) < 4.78 is 6.15. The molecule has 0 N–H and O–H groups in total. The predicted octanol–water partition coefficient (Wildman–Crippen LogP) is 3.98. The number of ether oxygens (including phenoxy) is 1. The number of ketones is 1. The van der Waals surface area contributed by atoms with Gasteiger partial charge in [-0.3, -0.25) is 9.69 Å². The van der Waals surface area contributed by atoms with E-state index in [1.54, 1.807) is 6.92 Å². The molecule has 0 amide bonds. The summed E-state index contributed by atoms with van der Waals surface area (Å²) in [5.41, 5.74) is 0.732. The number of Topliss-reactive ketones (excluding diaryl/α,β-unsaturated/α-hetero) is 1. The van der Waals surface area contributed by atoms with Gasteiger partial charge in [0, 0.05) is 18.7 Å². The zero-order valence-electron chi connectivity index (χ0n) is 13.6. The lowest BCUT2D eigenvalue weighted by molar-refractivity contribution is -0.0174. The second-order valence-corrected chi connectivity index (χ2v) is 6.46. The van der Waals surface area contributed by atoms with Crippen molar-refractivity contribution in [2.45, 2.75) is 46.8 Å². The Morgan fingerprint density at radius 2 is 1.81 bits per heavy atom. The molecule has 3 heteroatoms. The van der Waals surface area contributed by atoms with Crippen LogP contribution in [0.15, 0.2) is 24.3 Å². The van der Waals surface area contributed by atoms with Crippen molar-refractivity contribution in [1.29, 1.82) is 0 Å². The van der Waals surface area contributed by atoms with Crippen molar-refractivity contribution in [2.75, 3.05) is 13.1 Å². The van der Waals surface area contributed by atoms with Crippen molar-refractivity contribution >= 4 is 5.78 Å². The molecule has 3 nitrogen and oxygen atoms in total. The first-order valence-corrected chi connectivity index (χ1v) is 8.01. The number of rotatable bonds is 5. The highest BCUT2D eigenvalue weighted by molar-refractivity contribution is 5.94. The molecule has 0 aromatic heterocycles. The number of hydrogen-bond acceptors (Lipinski definition) is 3. The molecular weight excluding hydrogens is 262 g/mol. The molecular formula is C18H27NO2. The Labute approximate surface area is 128 Å². The summed E-state index contributed by atoms with van der Waals surface area (Å²) in [6, 6.07) is 7.48. The van der Waals surface area contributed by atoms with E-state index >= 15 is 0 Å². The highest BCUT2D eigenvalue weighted by Gasteiger charge is 2.27. The maximum atomic E-state index is 11.3. The van der Waals surface area contributed by atoms with E-state index in [-0.39, 0.29) is 12.0 Å². The lowest BCUT2D eigenvalue weighted by Gasteiger charge is -2.39. The van der Waals surface area contributed by atoms with Gasteiger partial charge < -0.3 is 4.74 Å². The van der Waals surface area contributed by atoms with Gasteiger partial charge in [0.25, 0.3) is 0 Å². The van der Waals surface area contributed by atoms with E-state index in [1.165, 1.54) is 6.42 Å². The van der Waals surface area contributed by atoms with Crippen LogP contribution in [0.25, 0.3) is 0 Å². The fourth-order valence-corrected chi connectivity index (χ4v) is 3.29. The molecule has 1 aliphatic heterocycles. The molecule has 1 unspecified atom stereocenters. The van der Waals surface area contributed by atoms with Gasteiger partial charge in [-0.1, -0.05) is 20.8 Å². The average Bonchev–Trinajstić information content (AvgIpc) is 2.44. The third-order valence-corrected chi connectivity index (χ3v) is 4.19. The number of nitrogens with zero attached hydrogens (tertiary/aromatic N) is 1. The minimum atomic E-state index is 0.0901. The molecule has 0 radical (unpaired) electrons. The van der Waals surface area contributed by atoms with Crippen LogP contribution >= 0.6 is 0 Å². The Hall–Kier alpha value is -1.35. The Morgan fingerprint density at radius 1 is 1.24 bits per heavy atom. The van der Waals surface area contributed by atoms with Crippen LogP contribution in [0, 0.1) is 11.8 Å². The van der Waals surface area contributed by atoms with Crippen molar-refractivity contribution in [3.63, 3.8) is 0 Å². The van der Waals surface area contributed by atoms with Crippen LogP contribution in [-0.2, 0) is 0 Å². The molecule has 116 valence electrons. The summed E-state index contributed by atoms with van der Waals surface area (Å²) in [5.74, 6) is 2.39. The molecule has 3 atom stereocenters. The molecule has 1 aromatic carbocycles. The van der Waals surface area contributed by atoms with E-state index in [9.17, 15) is 4.79 Å². The third-order valence-electron chi connectivity index (χ3n) is 4.19. The van der Waals surface area contributed by atoms with Crippen LogP contribution in [0.1, 0.15) is 50.9 Å². The Balaban J connectivity index is 2.02. The van der Waals surface area contributed by atoms with Crippen LogP contribution in [0.3, 0.4) is 0 Å². The molecule has 0 spiro atoms. The number of carbonyl (C=O) groups is 1. The lowest BCUT2D eigenvalue weighted by Crippen LogP contribution is -2.47. The normalized spacial score (nSPS) is 24.6. The first-order chi connectivity index (χ1) is 9.99. The number of benzene rings is 1. The first kappa shape index (κ1) is 16.0. The van der Waals surface area contributed by atoms with E-state index in [4.69, 9.17) is 4.74 Å². The molecule has 1 saturated heterocycles. The standard InChI is InChI=1S/C18H27NO2/c1-5-18(19-11-13(2)10-14(3)12-19)21-17-8-6-16(7-9-17)15(4)20/h6-9,13-14,18H,5,10-12H2,1-4H3/t13-,14+,18?. The van der Waals surface area contributed by atoms with E-state index < -0.39 is 0 Å². The van der Waals surface area contributed by atoms with Crippen LogP contribution in [-0.4, -0.2) is 30.0 Å². The number of piperidine rings is 1. The average molecular weight is 289 g/mol. The molecule has 1 heterocycles. The van der Waals surface area contributed by atoms with Crippen LogP contribution in [0.5, 0.6) is 5.75 Å². The molecule has 2 rings (SSSR count). The maximum absolute atomic E-state index is 11.3. The molecule has 1 aliphatic rings. The maximum Gasteiger partial charge on any atom is 0.159 e. The van der Waals surface area contributed by atoms with Gasteiger partial charge in [0.05, 0.1) is 0 Å². The van der Waals surface area contributed by atoms with E-state index in [1.807, 2.05) is 24.3 Å². The van der Waals surface area contributed by atoms with Gasteiger partial charge in [-0.25, -0.2) is 0 Å². The molecule has 0 aliphatic carbocycles. The molecule has 1 fully saturated rings. The minimum Gasteiger partial charge on any atom is -0.475 e. The molecule has 0 saturated carbocycles. The highest BCUT2D eigenvalue weighted by atomic mass is 16.5. The summed E-state index contributed by atoms with van der Waals surface area (Å²) in [4.78, 5) is 13.8. The Kier molecular flexibility index (Phi) is 5.40. The van der Waals surface area contributed by atoms with Gasteiger partial charge >= 0.3 is 0 Å². The van der Waals surface area contributed by atoms with Gasteiger partial charge in [0.15, 0.2) is 12.0 Å². The third kappa shape index (κ3) is 4.31. The fourth-order valence-electron chi connectivity index (χ4n) is 3.29. The molecule has 1 aromatic rings. The second-order valence-electron chi connectivity index (χ2n) is 6.46. The van der Waals surface area contributed by atoms with E-state index in [2.05, 4.69) is 25.7 Å². The van der Waals surface area contributed by atoms with E-state index in [0.717, 1.165) is 42.7 Å². The van der Waals surface area contributed by atoms with Gasteiger partial charge in [0.2, 0.25) is 0 Å². The van der Waals surface area contributed by atoms with Crippen LogP contribution in [0.4, 0.5) is 0 Å². The molecule has 0 bridgehead atoms. The van der Waals surface area contributed by atoms with Crippen molar-refractivity contribution in [2.24, 2.45) is 11.8 Å². The van der Waals surface area contributed by atoms with Crippen LogP contribution in [0.2, 0.25) is 0 Å². The van der Waals surface area contributed by atoms with Crippen molar-refractivity contribution in [1.82, 2.24) is 4.90 Å². The Morgan fingerprint density at radius 3 is 2.29 bits per heavy atom. The highest BCUT2D eigenvalue weighted by Crippen LogP contribution is 2.25. The van der Waals surface area contributed by atoms with Crippen molar-refractivity contribution in [3.8, 4) is 5.75 Å². The summed E-state index contributed by atoms with van der Waals surface area (Å²) in [6.07, 6.45) is 2.40. The van der Waals surface area contributed by atoms with Gasteiger partial charge in [-0.2, -0.15) is 0 Å². The number of carbonyl (C=O) groups excluding carboxylic acids is 1. The minimum absolute atomic E-state index is 0.0901. The van der Waals surface area contributed by atoms with Gasteiger partial charge in [0.1, 0.15) is 5.75 Å². The van der Waals surface area contributed by atoms with Crippen molar-refractivity contribution in [3.05, 3.63) is 29.8 Å². The SMILES string of the molecule is CCC(Oc1ccc(C(C)=O)cc1)N1C[C@H](C)C[C@H](C)C1. The zero-order valence-corrected chi connectivity index (χ0v) is 13.6. The van der Waals surface area contributed by atoms with E-state index in [0.29, 0.717) is 0 Å². The van der Waals surface area contributed by atoms with Gasteiger partial charge in [-0.05, 0) is 55.9 Å².